The minimum Gasteiger partial charge on any atom is -0.480 e. The number of nitrogens with zero attached hydrogens (tertiary/aromatic N) is 1. The Kier molecular flexibility index (Phi) is 5.97. The summed E-state index contributed by atoms with van der Waals surface area (Å²) in [6.07, 6.45) is 0. The van der Waals surface area contributed by atoms with Crippen LogP contribution in [0.3, 0.4) is 0 Å². The lowest BCUT2D eigenvalue weighted by molar-refractivity contribution is -0.140. The van der Waals surface area contributed by atoms with Crippen molar-refractivity contribution >= 4 is 5.97 Å². The number of nitrogens with one attached hydrogen (secondary N) is 1. The predicted molar refractivity (Wildman–Crippen MR) is 66.6 cm³/mol. The van der Waals surface area contributed by atoms with Crippen LogP contribution >= 0.6 is 0 Å². The molecule has 0 aromatic heterocycles. The normalized spacial score (nSPS) is 14.5. The fourth-order valence-corrected chi connectivity index (χ4v) is 1.91. The average Bonchev–Trinajstić information content (AvgIpc) is 1.99. The van der Waals surface area contributed by atoms with Crippen LogP contribution in [0, 0.1) is 11.3 Å². The zero-order chi connectivity index (χ0) is 12.9. The Morgan fingerprint density at radius 2 is 1.88 bits per heavy atom. The number of carboxylic acid groups (broad SMARTS) is 1. The van der Waals surface area contributed by atoms with Crippen LogP contribution in [0.5, 0.6) is 0 Å². The fourth-order valence-electron chi connectivity index (χ4n) is 1.91. The zero-order valence-electron chi connectivity index (χ0n) is 11.4. The fraction of sp³-hybridized carbons (Fsp3) is 0.917. The van der Waals surface area contributed by atoms with Crippen LogP contribution < -0.4 is 5.32 Å². The van der Waals surface area contributed by atoms with Gasteiger partial charge in [-0.15, -0.1) is 0 Å². The van der Waals surface area contributed by atoms with Crippen LogP contribution in [-0.4, -0.2) is 49.2 Å². The number of hydrogen-bond acceptors (Lipinski definition) is 3. The predicted octanol–water partition coefficient (Wildman–Crippen LogP) is 1.27. The number of carboxylic acids is 1. The molecule has 0 aliphatic heterocycles. The van der Waals surface area contributed by atoms with Crippen molar-refractivity contribution in [3.63, 3.8) is 0 Å². The summed E-state index contributed by atoms with van der Waals surface area (Å²) in [6, 6.07) is -0.457. The van der Waals surface area contributed by atoms with Gasteiger partial charge in [-0.1, -0.05) is 27.7 Å². The van der Waals surface area contributed by atoms with Crippen LogP contribution in [0.15, 0.2) is 0 Å². The second-order valence-corrected chi connectivity index (χ2v) is 5.84. The summed E-state index contributed by atoms with van der Waals surface area (Å²) in [5.74, 6) is -0.664. The van der Waals surface area contributed by atoms with Crippen LogP contribution in [0.4, 0.5) is 0 Å². The van der Waals surface area contributed by atoms with E-state index in [1.165, 1.54) is 0 Å². The molecule has 0 spiro atoms. The van der Waals surface area contributed by atoms with Gasteiger partial charge in [-0.05, 0) is 25.4 Å². The highest BCUT2D eigenvalue weighted by atomic mass is 16.4. The molecule has 0 amide bonds. The molecule has 1 atom stereocenters. The molecule has 0 aromatic rings. The minimum absolute atomic E-state index is 0.0755. The van der Waals surface area contributed by atoms with Crippen molar-refractivity contribution in [3.8, 4) is 0 Å². The molecule has 1 unspecified atom stereocenters. The topological polar surface area (TPSA) is 52.6 Å². The molecule has 2 N–H and O–H groups in total. The van der Waals surface area contributed by atoms with Gasteiger partial charge in [-0.3, -0.25) is 4.79 Å². The summed E-state index contributed by atoms with van der Waals surface area (Å²) in [5, 5.41) is 12.2. The molecule has 0 bridgehead atoms. The van der Waals surface area contributed by atoms with E-state index >= 15 is 0 Å². The van der Waals surface area contributed by atoms with Crippen molar-refractivity contribution in [1.82, 2.24) is 10.2 Å². The molecule has 0 fully saturated rings. The van der Waals surface area contributed by atoms with Gasteiger partial charge in [-0.25, -0.2) is 0 Å². The van der Waals surface area contributed by atoms with Gasteiger partial charge in [0.2, 0.25) is 0 Å². The highest BCUT2D eigenvalue weighted by molar-refractivity contribution is 5.73. The van der Waals surface area contributed by atoms with E-state index in [-0.39, 0.29) is 11.3 Å². The number of hydrogen-bond donors (Lipinski definition) is 2. The van der Waals surface area contributed by atoms with E-state index in [1.807, 2.05) is 27.9 Å². The van der Waals surface area contributed by atoms with E-state index in [0.717, 1.165) is 6.54 Å². The summed E-state index contributed by atoms with van der Waals surface area (Å²) in [7, 11) is 4.05. The molecule has 0 saturated carbocycles. The maximum absolute atomic E-state index is 11.0. The van der Waals surface area contributed by atoms with E-state index < -0.39 is 12.0 Å². The van der Waals surface area contributed by atoms with Crippen molar-refractivity contribution in [2.45, 2.75) is 33.7 Å². The molecule has 0 saturated heterocycles. The van der Waals surface area contributed by atoms with E-state index in [0.29, 0.717) is 6.54 Å². The van der Waals surface area contributed by atoms with Gasteiger partial charge < -0.3 is 15.3 Å². The van der Waals surface area contributed by atoms with E-state index in [4.69, 9.17) is 5.11 Å². The summed E-state index contributed by atoms with van der Waals surface area (Å²) in [6.45, 7) is 9.76. The highest BCUT2D eigenvalue weighted by Gasteiger charge is 2.25. The molecule has 0 aliphatic carbocycles. The van der Waals surface area contributed by atoms with Gasteiger partial charge in [-0.2, -0.15) is 0 Å². The zero-order valence-corrected chi connectivity index (χ0v) is 11.4. The molecular weight excluding hydrogens is 204 g/mol. The third-order valence-corrected chi connectivity index (χ3v) is 2.48. The molecular formula is C12H26N2O2. The van der Waals surface area contributed by atoms with Crippen LogP contribution in [0.1, 0.15) is 27.7 Å². The Labute approximate surface area is 99.0 Å². The monoisotopic (exact) mass is 230 g/mol. The van der Waals surface area contributed by atoms with Crippen molar-refractivity contribution < 1.29 is 9.90 Å². The SMILES string of the molecule is CC(C)C(NCC(C)(C)CN(C)C)C(=O)O. The minimum atomic E-state index is -0.768. The van der Waals surface area contributed by atoms with Crippen molar-refractivity contribution in [1.29, 1.82) is 0 Å². The lowest BCUT2D eigenvalue weighted by Crippen LogP contribution is -2.47. The van der Waals surface area contributed by atoms with Crippen LogP contribution in [0.2, 0.25) is 0 Å². The van der Waals surface area contributed by atoms with E-state index in [2.05, 4.69) is 24.1 Å². The molecule has 0 rings (SSSR count). The lowest BCUT2D eigenvalue weighted by atomic mass is 9.91. The van der Waals surface area contributed by atoms with Crippen LogP contribution in [-0.2, 0) is 4.79 Å². The highest BCUT2D eigenvalue weighted by Crippen LogP contribution is 2.15. The van der Waals surface area contributed by atoms with Gasteiger partial charge in [0.15, 0.2) is 0 Å². The van der Waals surface area contributed by atoms with Gasteiger partial charge in [0, 0.05) is 13.1 Å². The summed E-state index contributed by atoms with van der Waals surface area (Å²) < 4.78 is 0. The third kappa shape index (κ3) is 6.08. The summed E-state index contributed by atoms with van der Waals surface area (Å²) in [5.41, 5.74) is 0.0755. The molecule has 0 heterocycles. The second-order valence-electron chi connectivity index (χ2n) is 5.84. The number of aliphatic carboxylic acids is 1. The maximum Gasteiger partial charge on any atom is 0.320 e. The molecule has 16 heavy (non-hydrogen) atoms. The largest absolute Gasteiger partial charge is 0.480 e. The molecule has 4 nitrogen and oxygen atoms in total. The molecule has 0 aromatic carbocycles. The molecule has 0 aliphatic rings. The average molecular weight is 230 g/mol. The van der Waals surface area contributed by atoms with E-state index in [1.54, 1.807) is 0 Å². The third-order valence-electron chi connectivity index (χ3n) is 2.48. The van der Waals surface area contributed by atoms with E-state index in [9.17, 15) is 4.79 Å². The second kappa shape index (κ2) is 6.21. The van der Waals surface area contributed by atoms with Crippen molar-refractivity contribution in [2.24, 2.45) is 11.3 Å². The Morgan fingerprint density at radius 3 is 2.19 bits per heavy atom. The maximum atomic E-state index is 11.0. The molecule has 4 heteroatoms. The Balaban J connectivity index is 4.24. The van der Waals surface area contributed by atoms with Gasteiger partial charge in [0.1, 0.15) is 6.04 Å². The quantitative estimate of drug-likeness (QED) is 0.691. The van der Waals surface area contributed by atoms with Gasteiger partial charge >= 0.3 is 5.97 Å². The van der Waals surface area contributed by atoms with Gasteiger partial charge in [0.05, 0.1) is 0 Å². The van der Waals surface area contributed by atoms with Gasteiger partial charge in [0.25, 0.3) is 0 Å². The van der Waals surface area contributed by atoms with Crippen molar-refractivity contribution in [2.75, 3.05) is 27.2 Å². The summed E-state index contributed by atoms with van der Waals surface area (Å²) in [4.78, 5) is 13.1. The van der Waals surface area contributed by atoms with Crippen LogP contribution in [0.25, 0.3) is 0 Å². The first-order chi connectivity index (χ1) is 7.15. The number of carbonyl (C=O) groups is 1. The lowest BCUT2D eigenvalue weighted by Gasteiger charge is -2.30. The molecule has 0 radical (unpaired) electrons. The smallest absolute Gasteiger partial charge is 0.320 e. The number of rotatable bonds is 7. The Bertz CT molecular complexity index is 225. The summed E-state index contributed by atoms with van der Waals surface area (Å²) >= 11 is 0. The first-order valence-electron chi connectivity index (χ1n) is 5.76. The first kappa shape index (κ1) is 15.4. The Morgan fingerprint density at radius 1 is 1.38 bits per heavy atom. The first-order valence-corrected chi connectivity index (χ1v) is 5.76. The van der Waals surface area contributed by atoms with Crippen molar-refractivity contribution in [3.05, 3.63) is 0 Å². The molecule has 96 valence electrons. The Hall–Kier alpha value is -0.610. The standard InChI is InChI=1S/C12H26N2O2/c1-9(2)10(11(15)16)13-7-12(3,4)8-14(5)6/h9-10,13H,7-8H2,1-6H3,(H,15,16).